The van der Waals surface area contributed by atoms with Gasteiger partial charge in [-0.2, -0.15) is 0 Å². The Morgan fingerprint density at radius 3 is 3.07 bits per heavy atom. The summed E-state index contributed by atoms with van der Waals surface area (Å²) >= 11 is 1.94. The summed E-state index contributed by atoms with van der Waals surface area (Å²) < 4.78 is 5.10. The van der Waals surface area contributed by atoms with Crippen LogP contribution in [0.4, 0.5) is 0 Å². The summed E-state index contributed by atoms with van der Waals surface area (Å²) in [6, 6.07) is 0. The molecule has 0 saturated heterocycles. The van der Waals surface area contributed by atoms with Crippen LogP contribution in [-0.4, -0.2) is 37.2 Å². The molecule has 0 aromatic rings. The van der Waals surface area contributed by atoms with Gasteiger partial charge in [0.2, 0.25) is 0 Å². The van der Waals surface area contributed by atoms with Gasteiger partial charge >= 0.3 is 0 Å². The summed E-state index contributed by atoms with van der Waals surface area (Å²) in [7, 11) is 1.75. The number of thioether (sulfide) groups is 1. The number of hydrogen-bond acceptors (Lipinski definition) is 4. The molecule has 0 bridgehead atoms. The zero-order valence-electron chi connectivity index (χ0n) is 9.53. The largest absolute Gasteiger partial charge is 0.384 e. The molecular weight excluding hydrogens is 208 g/mol. The molecule has 0 aromatic heterocycles. The first-order valence-corrected chi connectivity index (χ1v) is 6.61. The van der Waals surface area contributed by atoms with Gasteiger partial charge in [0.15, 0.2) is 5.17 Å². The fourth-order valence-electron chi connectivity index (χ4n) is 1.81. The molecular formula is C11H20N2OS. The zero-order valence-corrected chi connectivity index (χ0v) is 10.3. The molecule has 1 heterocycles. The number of nitrogens with zero attached hydrogens (tertiary/aromatic N) is 1. The molecule has 3 nitrogen and oxygen atoms in total. The topological polar surface area (TPSA) is 33.6 Å². The fourth-order valence-corrected chi connectivity index (χ4v) is 3.02. The van der Waals surface area contributed by atoms with E-state index in [1.54, 1.807) is 7.11 Å². The van der Waals surface area contributed by atoms with Crippen LogP contribution < -0.4 is 5.32 Å². The third kappa shape index (κ3) is 3.38. The van der Waals surface area contributed by atoms with Gasteiger partial charge in [-0.1, -0.05) is 18.7 Å². The minimum Gasteiger partial charge on any atom is -0.384 e. The van der Waals surface area contributed by atoms with Gasteiger partial charge in [-0.3, -0.25) is 4.99 Å². The smallest absolute Gasteiger partial charge is 0.156 e. The number of hydrogen-bond donors (Lipinski definition) is 1. The molecule has 86 valence electrons. The molecule has 2 rings (SSSR count). The van der Waals surface area contributed by atoms with Crippen LogP contribution in [-0.2, 0) is 4.74 Å². The van der Waals surface area contributed by atoms with Crippen LogP contribution in [0.25, 0.3) is 0 Å². The maximum absolute atomic E-state index is 5.10. The first kappa shape index (κ1) is 11.3. The minimum atomic E-state index is 0.554. The number of methoxy groups -OCH3 is 1. The number of rotatable bonds is 5. The molecule has 1 N–H and O–H groups in total. The number of nitrogens with one attached hydrogen (secondary N) is 1. The van der Waals surface area contributed by atoms with Crippen LogP contribution in [0.1, 0.15) is 19.8 Å². The quantitative estimate of drug-likeness (QED) is 0.778. The minimum absolute atomic E-state index is 0.554. The van der Waals surface area contributed by atoms with Crippen molar-refractivity contribution in [1.82, 2.24) is 5.32 Å². The van der Waals surface area contributed by atoms with Crippen molar-refractivity contribution in [3.8, 4) is 0 Å². The fraction of sp³-hybridized carbons (Fsp3) is 0.909. The van der Waals surface area contributed by atoms with Crippen LogP contribution >= 0.6 is 11.8 Å². The van der Waals surface area contributed by atoms with Gasteiger partial charge in [-0.15, -0.1) is 0 Å². The summed E-state index contributed by atoms with van der Waals surface area (Å²) in [5.41, 5.74) is 0. The molecule has 0 radical (unpaired) electrons. The highest BCUT2D eigenvalue weighted by Gasteiger charge is 2.35. The van der Waals surface area contributed by atoms with Gasteiger partial charge in [0.25, 0.3) is 0 Å². The predicted octanol–water partition coefficient (Wildman–Crippen LogP) is 1.74. The van der Waals surface area contributed by atoms with Gasteiger partial charge in [-0.05, 0) is 24.7 Å². The van der Waals surface area contributed by atoms with Gasteiger partial charge < -0.3 is 10.1 Å². The summed E-state index contributed by atoms with van der Waals surface area (Å²) in [6.07, 6.45) is 2.83. The Balaban J connectivity index is 1.63. The number of amidine groups is 1. The molecule has 15 heavy (non-hydrogen) atoms. The Labute approximate surface area is 96.1 Å². The molecule has 0 spiro atoms. The molecule has 1 fully saturated rings. The van der Waals surface area contributed by atoms with Crippen molar-refractivity contribution >= 4 is 16.9 Å². The zero-order chi connectivity index (χ0) is 10.7. The number of aliphatic imine (C=N–C) groups is 1. The van der Waals surface area contributed by atoms with Crippen molar-refractivity contribution in [2.45, 2.75) is 25.0 Å². The van der Waals surface area contributed by atoms with E-state index in [2.05, 4.69) is 17.2 Å². The molecule has 1 aliphatic heterocycles. The van der Waals surface area contributed by atoms with Crippen molar-refractivity contribution in [2.24, 2.45) is 16.8 Å². The second-order valence-corrected chi connectivity index (χ2v) is 5.81. The van der Waals surface area contributed by atoms with Gasteiger partial charge in [0, 0.05) is 18.9 Å². The van der Waals surface area contributed by atoms with E-state index < -0.39 is 0 Å². The van der Waals surface area contributed by atoms with E-state index in [-0.39, 0.29) is 0 Å². The first-order valence-electron chi connectivity index (χ1n) is 5.73. The molecule has 2 unspecified atom stereocenters. The molecule has 4 heteroatoms. The Hall–Kier alpha value is -0.220. The van der Waals surface area contributed by atoms with Crippen LogP contribution in [0.15, 0.2) is 4.99 Å². The molecule has 1 saturated carbocycles. The van der Waals surface area contributed by atoms with Crippen LogP contribution in [0.3, 0.4) is 0 Å². The SMILES string of the molecule is COCC(C)CNC1=NCC(C2CC2)S1. The maximum Gasteiger partial charge on any atom is 0.156 e. The van der Waals surface area contributed by atoms with Gasteiger partial charge in [-0.25, -0.2) is 0 Å². The third-order valence-corrected chi connectivity index (χ3v) is 4.21. The monoisotopic (exact) mass is 228 g/mol. The maximum atomic E-state index is 5.10. The Morgan fingerprint density at radius 2 is 2.40 bits per heavy atom. The van der Waals surface area contributed by atoms with Crippen molar-refractivity contribution in [3.05, 3.63) is 0 Å². The van der Waals surface area contributed by atoms with Crippen LogP contribution in [0, 0.1) is 11.8 Å². The van der Waals surface area contributed by atoms with E-state index in [0.717, 1.165) is 36.0 Å². The molecule has 0 amide bonds. The molecule has 2 aliphatic rings. The Bertz CT molecular complexity index is 241. The van der Waals surface area contributed by atoms with Crippen molar-refractivity contribution in [1.29, 1.82) is 0 Å². The Morgan fingerprint density at radius 1 is 1.60 bits per heavy atom. The Kier molecular flexibility index (Phi) is 3.92. The molecule has 2 atom stereocenters. The normalized spacial score (nSPS) is 27.6. The second-order valence-electron chi connectivity index (χ2n) is 4.58. The van der Waals surface area contributed by atoms with E-state index in [0.29, 0.717) is 5.92 Å². The highest BCUT2D eigenvalue weighted by atomic mass is 32.2. The van der Waals surface area contributed by atoms with E-state index in [4.69, 9.17) is 4.74 Å². The van der Waals surface area contributed by atoms with Crippen LogP contribution in [0.5, 0.6) is 0 Å². The summed E-state index contributed by atoms with van der Waals surface area (Å²) in [4.78, 5) is 4.54. The molecule has 0 aromatic carbocycles. The summed E-state index contributed by atoms with van der Waals surface area (Å²) in [5.74, 6) is 1.51. The van der Waals surface area contributed by atoms with Gasteiger partial charge in [0.1, 0.15) is 0 Å². The molecule has 1 aliphatic carbocycles. The highest BCUT2D eigenvalue weighted by molar-refractivity contribution is 8.14. The standard InChI is InChI=1S/C11H20N2OS/c1-8(7-14-2)5-12-11-13-6-10(15-11)9-3-4-9/h8-10H,3-7H2,1-2H3,(H,12,13). The lowest BCUT2D eigenvalue weighted by molar-refractivity contribution is 0.161. The van der Waals surface area contributed by atoms with Crippen LogP contribution in [0.2, 0.25) is 0 Å². The highest BCUT2D eigenvalue weighted by Crippen LogP contribution is 2.41. The second kappa shape index (κ2) is 5.21. The van der Waals surface area contributed by atoms with Crippen molar-refractivity contribution in [3.63, 3.8) is 0 Å². The van der Waals surface area contributed by atoms with Gasteiger partial charge in [0.05, 0.1) is 13.2 Å². The van der Waals surface area contributed by atoms with E-state index >= 15 is 0 Å². The first-order chi connectivity index (χ1) is 7.29. The van der Waals surface area contributed by atoms with E-state index in [9.17, 15) is 0 Å². The van der Waals surface area contributed by atoms with E-state index in [1.165, 1.54) is 12.8 Å². The lowest BCUT2D eigenvalue weighted by Crippen LogP contribution is -2.27. The third-order valence-electron chi connectivity index (χ3n) is 2.88. The number of ether oxygens (including phenoxy) is 1. The average molecular weight is 228 g/mol. The predicted molar refractivity (Wildman–Crippen MR) is 65.4 cm³/mol. The summed E-state index contributed by atoms with van der Waals surface area (Å²) in [5, 5.41) is 5.33. The van der Waals surface area contributed by atoms with E-state index in [1.807, 2.05) is 11.8 Å². The summed E-state index contributed by atoms with van der Waals surface area (Å²) in [6.45, 7) is 5.00. The lowest BCUT2D eigenvalue weighted by atomic mass is 10.2. The van der Waals surface area contributed by atoms with Crippen molar-refractivity contribution < 1.29 is 4.74 Å². The average Bonchev–Trinajstić information content (AvgIpc) is 2.96. The van der Waals surface area contributed by atoms with Crippen molar-refractivity contribution in [2.75, 3.05) is 26.8 Å². The lowest BCUT2D eigenvalue weighted by Gasteiger charge is -2.12.